The third kappa shape index (κ3) is 1.43. The molecular weight excluding hydrogens is 154 g/mol. The minimum absolute atomic E-state index is 0.816. The van der Waals surface area contributed by atoms with E-state index < -0.39 is 0 Å². The van der Waals surface area contributed by atoms with Gasteiger partial charge in [0.1, 0.15) is 0 Å². The van der Waals surface area contributed by atoms with E-state index in [1.165, 1.54) is 31.7 Å². The van der Waals surface area contributed by atoms with Gasteiger partial charge in [-0.2, -0.15) is 11.8 Å². The van der Waals surface area contributed by atoms with Crippen molar-refractivity contribution in [2.75, 3.05) is 25.1 Å². The van der Waals surface area contributed by atoms with Gasteiger partial charge in [-0.15, -0.1) is 0 Å². The topological polar surface area (TPSA) is 3.24 Å². The van der Waals surface area contributed by atoms with Crippen LogP contribution in [0, 0.1) is 5.41 Å². The molecule has 1 unspecified atom stereocenters. The number of hydrogen-bond donors (Lipinski definition) is 0. The summed E-state index contributed by atoms with van der Waals surface area (Å²) in [5, 5.41) is 0. The average molecular weight is 171 g/mol. The van der Waals surface area contributed by atoms with Gasteiger partial charge < -0.3 is 0 Å². The second-order valence-corrected chi connectivity index (χ2v) is 5.12. The van der Waals surface area contributed by atoms with Crippen LogP contribution < -0.4 is 0 Å². The van der Waals surface area contributed by atoms with Crippen LogP contribution in [0.5, 0.6) is 0 Å². The van der Waals surface area contributed by atoms with E-state index in [9.17, 15) is 0 Å². The van der Waals surface area contributed by atoms with Gasteiger partial charge in [-0.3, -0.25) is 4.90 Å². The Kier molecular flexibility index (Phi) is 1.92. The standard InChI is InChI=1S/C9H17NS/c1-8(5-11-2)10-6-9(7-10)3-4-9/h8H,3-7H2,1-2H3. The summed E-state index contributed by atoms with van der Waals surface area (Å²) in [7, 11) is 0. The quantitative estimate of drug-likeness (QED) is 0.637. The van der Waals surface area contributed by atoms with E-state index in [1.54, 1.807) is 0 Å². The minimum atomic E-state index is 0.816. The van der Waals surface area contributed by atoms with Crippen molar-refractivity contribution in [3.63, 3.8) is 0 Å². The summed E-state index contributed by atoms with van der Waals surface area (Å²) in [5.74, 6) is 1.30. The summed E-state index contributed by atoms with van der Waals surface area (Å²) in [6.45, 7) is 5.15. The zero-order valence-corrected chi connectivity index (χ0v) is 8.28. The lowest BCUT2D eigenvalue weighted by Crippen LogP contribution is -2.53. The zero-order valence-electron chi connectivity index (χ0n) is 7.47. The van der Waals surface area contributed by atoms with Crippen molar-refractivity contribution >= 4 is 11.8 Å². The molecule has 2 rings (SSSR count). The van der Waals surface area contributed by atoms with Crippen molar-refractivity contribution in [2.45, 2.75) is 25.8 Å². The molecule has 1 nitrogen and oxygen atoms in total. The number of rotatable bonds is 3. The Bertz CT molecular complexity index is 146. The average Bonchev–Trinajstić information content (AvgIpc) is 2.62. The zero-order chi connectivity index (χ0) is 7.90. The summed E-state index contributed by atoms with van der Waals surface area (Å²) in [6.07, 6.45) is 5.22. The smallest absolute Gasteiger partial charge is 0.0158 e. The monoisotopic (exact) mass is 171 g/mol. The summed E-state index contributed by atoms with van der Waals surface area (Å²) in [4.78, 5) is 2.63. The highest BCUT2D eigenvalue weighted by Gasteiger charge is 2.52. The fourth-order valence-electron chi connectivity index (χ4n) is 1.97. The van der Waals surface area contributed by atoms with Gasteiger partial charge in [0.25, 0.3) is 0 Å². The molecule has 1 saturated heterocycles. The van der Waals surface area contributed by atoms with Crippen LogP contribution in [-0.2, 0) is 0 Å². The lowest BCUT2D eigenvalue weighted by molar-refractivity contribution is 0.0526. The molecule has 0 N–H and O–H groups in total. The van der Waals surface area contributed by atoms with E-state index in [1.807, 2.05) is 11.8 Å². The second kappa shape index (κ2) is 2.67. The van der Waals surface area contributed by atoms with Gasteiger partial charge in [0, 0.05) is 24.9 Å². The van der Waals surface area contributed by atoms with Crippen LogP contribution in [0.4, 0.5) is 0 Å². The third-order valence-electron chi connectivity index (χ3n) is 3.07. The Labute approximate surface area is 73.5 Å². The third-order valence-corrected chi connectivity index (χ3v) is 3.88. The Morgan fingerprint density at radius 1 is 1.45 bits per heavy atom. The normalized spacial score (nSPS) is 30.0. The van der Waals surface area contributed by atoms with E-state index in [0.29, 0.717) is 0 Å². The maximum absolute atomic E-state index is 2.63. The molecule has 1 aliphatic carbocycles. The molecule has 0 aromatic heterocycles. The molecule has 11 heavy (non-hydrogen) atoms. The second-order valence-electron chi connectivity index (χ2n) is 4.21. The fraction of sp³-hybridized carbons (Fsp3) is 1.00. The molecule has 1 aliphatic heterocycles. The van der Waals surface area contributed by atoms with Crippen molar-refractivity contribution in [1.82, 2.24) is 4.90 Å². The number of thioether (sulfide) groups is 1. The predicted octanol–water partition coefficient (Wildman–Crippen LogP) is 1.83. The molecule has 2 fully saturated rings. The molecule has 0 aromatic rings. The van der Waals surface area contributed by atoms with Crippen molar-refractivity contribution in [1.29, 1.82) is 0 Å². The molecule has 0 bridgehead atoms. The molecule has 64 valence electrons. The summed E-state index contributed by atoms with van der Waals surface area (Å²) >= 11 is 1.97. The van der Waals surface area contributed by atoms with Gasteiger partial charge in [0.15, 0.2) is 0 Å². The molecule has 0 radical (unpaired) electrons. The molecule has 0 aromatic carbocycles. The van der Waals surface area contributed by atoms with Crippen LogP contribution >= 0.6 is 11.8 Å². The summed E-state index contributed by atoms with van der Waals surface area (Å²) in [6, 6.07) is 0.816. The minimum Gasteiger partial charge on any atom is -0.299 e. The van der Waals surface area contributed by atoms with Crippen LogP contribution in [0.3, 0.4) is 0 Å². The Hall–Kier alpha value is 0.310. The first-order valence-corrected chi connectivity index (χ1v) is 5.88. The molecule has 1 spiro atoms. The van der Waals surface area contributed by atoms with Gasteiger partial charge in [-0.05, 0) is 31.4 Å². The molecule has 1 atom stereocenters. The molecular formula is C9H17NS. The first-order chi connectivity index (χ1) is 5.26. The molecule has 2 heteroatoms. The number of hydrogen-bond acceptors (Lipinski definition) is 2. The highest BCUT2D eigenvalue weighted by molar-refractivity contribution is 7.98. The van der Waals surface area contributed by atoms with E-state index >= 15 is 0 Å². The Balaban J connectivity index is 1.72. The molecule has 1 saturated carbocycles. The van der Waals surface area contributed by atoms with Crippen molar-refractivity contribution < 1.29 is 0 Å². The van der Waals surface area contributed by atoms with Crippen LogP contribution in [0.15, 0.2) is 0 Å². The van der Waals surface area contributed by atoms with Crippen molar-refractivity contribution in [3.8, 4) is 0 Å². The van der Waals surface area contributed by atoms with E-state index in [0.717, 1.165) is 11.5 Å². The first kappa shape index (κ1) is 7.93. The lowest BCUT2D eigenvalue weighted by Gasteiger charge is -2.43. The lowest BCUT2D eigenvalue weighted by atomic mass is 9.95. The summed E-state index contributed by atoms with van der Waals surface area (Å²) in [5.41, 5.74) is 0.840. The predicted molar refractivity (Wildman–Crippen MR) is 51.1 cm³/mol. The largest absolute Gasteiger partial charge is 0.299 e. The fourth-order valence-corrected chi connectivity index (χ4v) is 2.66. The number of nitrogens with zero attached hydrogens (tertiary/aromatic N) is 1. The maximum atomic E-state index is 2.63. The van der Waals surface area contributed by atoms with Gasteiger partial charge in [0.05, 0.1) is 0 Å². The number of likely N-dealkylation sites (tertiary alicyclic amines) is 1. The molecule has 0 amide bonds. The molecule has 2 aliphatic rings. The highest BCUT2D eigenvalue weighted by atomic mass is 32.2. The van der Waals surface area contributed by atoms with Crippen LogP contribution in [0.25, 0.3) is 0 Å². The van der Waals surface area contributed by atoms with Gasteiger partial charge in [-0.1, -0.05) is 0 Å². The first-order valence-electron chi connectivity index (χ1n) is 4.49. The van der Waals surface area contributed by atoms with E-state index in [2.05, 4.69) is 18.1 Å². The van der Waals surface area contributed by atoms with Crippen LogP contribution in [-0.4, -0.2) is 36.0 Å². The van der Waals surface area contributed by atoms with Crippen LogP contribution in [0.2, 0.25) is 0 Å². The van der Waals surface area contributed by atoms with Crippen molar-refractivity contribution in [3.05, 3.63) is 0 Å². The van der Waals surface area contributed by atoms with E-state index in [-0.39, 0.29) is 0 Å². The van der Waals surface area contributed by atoms with Gasteiger partial charge in [0.2, 0.25) is 0 Å². The van der Waals surface area contributed by atoms with E-state index in [4.69, 9.17) is 0 Å². The van der Waals surface area contributed by atoms with Crippen LogP contribution in [0.1, 0.15) is 19.8 Å². The molecule has 1 heterocycles. The van der Waals surface area contributed by atoms with Gasteiger partial charge in [-0.25, -0.2) is 0 Å². The summed E-state index contributed by atoms with van der Waals surface area (Å²) < 4.78 is 0. The Morgan fingerprint density at radius 3 is 2.55 bits per heavy atom. The van der Waals surface area contributed by atoms with Gasteiger partial charge >= 0.3 is 0 Å². The van der Waals surface area contributed by atoms with Crippen molar-refractivity contribution in [2.24, 2.45) is 5.41 Å². The highest BCUT2D eigenvalue weighted by Crippen LogP contribution is 2.53. The Morgan fingerprint density at radius 2 is 2.09 bits per heavy atom. The SMILES string of the molecule is CSCC(C)N1CC2(CC2)C1. The maximum Gasteiger partial charge on any atom is 0.0158 e.